The van der Waals surface area contributed by atoms with E-state index in [9.17, 15) is 45.8 Å². The molecule has 0 saturated heterocycles. The topological polar surface area (TPSA) is 220 Å². The Morgan fingerprint density at radius 1 is 0.625 bits per heavy atom. The normalized spacial score (nSPS) is 21.6. The van der Waals surface area contributed by atoms with Gasteiger partial charge in [0.15, 0.2) is 0 Å². The summed E-state index contributed by atoms with van der Waals surface area (Å²) in [6.07, 6.45) is -1.77. The van der Waals surface area contributed by atoms with Crippen LogP contribution in [-0.2, 0) is 52.4 Å². The number of H-pyrrole nitrogens is 1. The lowest BCUT2D eigenvalue weighted by Crippen LogP contribution is -2.20. The van der Waals surface area contributed by atoms with E-state index in [-0.39, 0.29) is 52.8 Å². The minimum absolute atomic E-state index is 0.0332. The Morgan fingerprint density at radius 2 is 1.17 bits per heavy atom. The Labute approximate surface area is 405 Å². The molecule has 0 spiro atoms. The van der Waals surface area contributed by atoms with Crippen molar-refractivity contribution in [1.82, 2.24) is 19.9 Å². The summed E-state index contributed by atoms with van der Waals surface area (Å²) >= 11 is 0. The quantitative estimate of drug-likeness (QED) is 0.0680. The van der Waals surface area contributed by atoms with E-state index in [1.807, 2.05) is 24.3 Å². The molecule has 2 aliphatic heterocycles. The number of nitrogen functional groups attached to an aromatic ring is 2. The highest BCUT2D eigenvalue weighted by Crippen LogP contribution is 2.66. The Balaban J connectivity index is 0.000000132. The lowest BCUT2D eigenvalue weighted by Gasteiger charge is -2.19. The molecule has 0 radical (unpaired) electrons. The number of halogens is 6. The molecule has 2 amide bonds. The zero-order chi connectivity index (χ0) is 50.4. The second-order valence-electron chi connectivity index (χ2n) is 18.7. The number of hydrogen-bond donors (Lipinski definition) is 6. The summed E-state index contributed by atoms with van der Waals surface area (Å²) in [5, 5.41) is 14.8. The predicted molar refractivity (Wildman–Crippen MR) is 251 cm³/mol. The number of carboxylic acids is 1. The highest BCUT2D eigenvalue weighted by molar-refractivity contribution is 5.94. The van der Waals surface area contributed by atoms with Crippen LogP contribution in [0, 0.1) is 17.8 Å². The monoisotopic (exact) mass is 988 g/mol. The molecule has 6 unspecified atom stereocenters. The highest BCUT2D eigenvalue weighted by atomic mass is 19.4. The summed E-state index contributed by atoms with van der Waals surface area (Å²) in [6.45, 7) is 0. The molecule has 6 atom stereocenters. The molecule has 13 rings (SSSR count). The van der Waals surface area contributed by atoms with Crippen molar-refractivity contribution >= 4 is 51.8 Å². The van der Waals surface area contributed by atoms with Gasteiger partial charge in [0, 0.05) is 48.2 Å². The molecule has 4 aromatic carbocycles. The smallest absolute Gasteiger partial charge is 0.416 e. The zero-order valence-electron chi connectivity index (χ0n) is 37.7. The number of fused-ring (bicyclic) bond motifs is 9. The van der Waals surface area contributed by atoms with Gasteiger partial charge >= 0.3 is 18.3 Å². The van der Waals surface area contributed by atoms with Crippen LogP contribution < -0.4 is 31.6 Å². The van der Waals surface area contributed by atoms with Crippen molar-refractivity contribution in [2.75, 3.05) is 22.1 Å². The number of aromatic amines is 1. The molecule has 72 heavy (non-hydrogen) atoms. The third-order valence-corrected chi connectivity index (χ3v) is 14.2. The summed E-state index contributed by atoms with van der Waals surface area (Å²) in [5.74, 6) is 4.75. The summed E-state index contributed by atoms with van der Waals surface area (Å²) in [6, 6.07) is 22.1. The van der Waals surface area contributed by atoms with E-state index in [2.05, 4.69) is 42.7 Å². The van der Waals surface area contributed by atoms with Crippen LogP contribution in [0.1, 0.15) is 80.9 Å². The van der Waals surface area contributed by atoms with Crippen LogP contribution in [0.3, 0.4) is 0 Å². The zero-order valence-corrected chi connectivity index (χ0v) is 37.7. The molecule has 3 aromatic heterocycles. The van der Waals surface area contributed by atoms with Crippen LogP contribution >= 0.6 is 0 Å². The summed E-state index contributed by atoms with van der Waals surface area (Å²) < 4.78 is 87.5. The maximum absolute atomic E-state index is 13.1. The van der Waals surface area contributed by atoms with E-state index >= 15 is 0 Å². The molecule has 8 N–H and O–H groups in total. The number of amides is 2. The second kappa shape index (κ2) is 17.3. The van der Waals surface area contributed by atoms with E-state index in [4.69, 9.17) is 20.9 Å². The molecule has 2 saturated carbocycles. The minimum Gasteiger partial charge on any atom is -0.481 e. The van der Waals surface area contributed by atoms with Crippen molar-refractivity contribution in [3.05, 3.63) is 148 Å². The fourth-order valence-corrected chi connectivity index (χ4v) is 10.7. The van der Waals surface area contributed by atoms with Gasteiger partial charge in [0.1, 0.15) is 40.5 Å². The molecule has 20 heteroatoms. The molecule has 7 aromatic rings. The van der Waals surface area contributed by atoms with Gasteiger partial charge in [0.2, 0.25) is 11.8 Å². The molecular formula is C52H42F6N8O6. The van der Waals surface area contributed by atoms with Gasteiger partial charge in [0.05, 0.1) is 39.5 Å². The second-order valence-corrected chi connectivity index (χ2v) is 18.7. The first-order valence-corrected chi connectivity index (χ1v) is 23.1. The molecule has 14 nitrogen and oxygen atoms in total. The van der Waals surface area contributed by atoms with Gasteiger partial charge in [0.25, 0.3) is 0 Å². The third kappa shape index (κ3) is 8.74. The van der Waals surface area contributed by atoms with Crippen LogP contribution in [0.5, 0.6) is 23.0 Å². The molecule has 2 fully saturated rings. The van der Waals surface area contributed by atoms with Gasteiger partial charge < -0.3 is 41.7 Å². The van der Waals surface area contributed by atoms with E-state index < -0.39 is 29.4 Å². The number of carboxylic acid groups (broad SMARTS) is 1. The van der Waals surface area contributed by atoms with Crippen molar-refractivity contribution in [2.24, 2.45) is 17.8 Å². The van der Waals surface area contributed by atoms with Crippen LogP contribution in [0.25, 0.3) is 11.0 Å². The average molecular weight is 989 g/mol. The largest absolute Gasteiger partial charge is 0.481 e. The first-order chi connectivity index (χ1) is 34.4. The molecular weight excluding hydrogens is 947 g/mol. The van der Waals surface area contributed by atoms with Gasteiger partial charge in [-0.3, -0.25) is 14.4 Å². The number of benzene rings is 4. The summed E-state index contributed by atoms with van der Waals surface area (Å²) in [5.41, 5.74) is 16.6. The number of alkyl halides is 6. The number of pyridine rings is 2. The van der Waals surface area contributed by atoms with Crippen LogP contribution in [0.15, 0.2) is 97.3 Å². The van der Waals surface area contributed by atoms with Gasteiger partial charge in [-0.2, -0.15) is 26.3 Å². The number of nitrogens with one attached hydrogen (secondary N) is 3. The van der Waals surface area contributed by atoms with Crippen molar-refractivity contribution in [1.29, 1.82) is 0 Å². The lowest BCUT2D eigenvalue weighted by molar-refractivity contribution is -0.139. The fourth-order valence-electron chi connectivity index (χ4n) is 10.7. The van der Waals surface area contributed by atoms with Crippen LogP contribution in [-0.4, -0.2) is 42.8 Å². The lowest BCUT2D eigenvalue weighted by atomic mass is 10.0. The number of anilines is 4. The third-order valence-electron chi connectivity index (χ3n) is 14.2. The number of ether oxygens (including phenoxy) is 2. The van der Waals surface area contributed by atoms with E-state index in [1.54, 1.807) is 24.5 Å². The molecule has 4 aliphatic carbocycles. The standard InChI is InChI=1S/C26H19F3N4O2.C19H16N2O4.C7H7F3N2/c27-26(28,29)13-2-5-18-19(10-13)32-25(31-18)23-17-9-12-1-3-14(11-16(12)22(17)23)35-20-7-8-30-24-15(20)4-6-21(34)33-24;22-15-4-3-11-14(5-6-20-18(11)21-15)25-10-2-1-9-7-13-16(12(9)8-10)17(13)19(23)24;8-7(9,10)4-1-2-5(11)6(12)3-4/h1-3,5,7-8,10-11,17,22-23H,4,6,9H2,(H,31,32)(H,30,33,34);1-2,5-6,8,13,16-17H,3-4,7H2,(H,23,24)(H,20,21,22);1-3H,11-12H2. The van der Waals surface area contributed by atoms with Crippen molar-refractivity contribution in [3.8, 4) is 23.0 Å². The fraction of sp³-hybridized carbons (Fsp3) is 0.269. The van der Waals surface area contributed by atoms with Crippen molar-refractivity contribution in [2.45, 2.75) is 68.6 Å². The number of carbonyl (C=O) groups excluding carboxylic acids is 2. The number of nitrogens with zero attached hydrogens (tertiary/aromatic N) is 3. The summed E-state index contributed by atoms with van der Waals surface area (Å²) in [4.78, 5) is 50.6. The number of rotatable bonds is 6. The molecule has 0 bridgehead atoms. The minimum atomic E-state index is -4.38. The number of aliphatic carboxylic acids is 1. The number of carbonyl (C=O) groups is 3. The van der Waals surface area contributed by atoms with E-state index in [1.165, 1.54) is 22.8 Å². The van der Waals surface area contributed by atoms with Gasteiger partial charge in [-0.05, 0) is 138 Å². The number of imidazole rings is 1. The first-order valence-electron chi connectivity index (χ1n) is 23.1. The highest BCUT2D eigenvalue weighted by Gasteiger charge is 2.60. The van der Waals surface area contributed by atoms with E-state index in [0.717, 1.165) is 65.7 Å². The predicted octanol–water partition coefficient (Wildman–Crippen LogP) is 10.3. The number of aromatic nitrogens is 4. The maximum atomic E-state index is 13.1. The Bertz CT molecular complexity index is 3380. The Morgan fingerprint density at radius 3 is 1.72 bits per heavy atom. The van der Waals surface area contributed by atoms with Crippen molar-refractivity contribution < 1.29 is 55.3 Å². The Kier molecular flexibility index (Phi) is 11.1. The van der Waals surface area contributed by atoms with Gasteiger partial charge in [-0.25, -0.2) is 15.0 Å². The number of hydrogen-bond acceptors (Lipinski definition) is 10. The number of nitrogens with two attached hydrogens (primary N) is 2. The van der Waals surface area contributed by atoms with Crippen LogP contribution in [0.2, 0.25) is 0 Å². The van der Waals surface area contributed by atoms with Gasteiger partial charge in [-0.15, -0.1) is 0 Å². The Hall–Kier alpha value is -8.16. The molecule has 368 valence electrons. The maximum Gasteiger partial charge on any atom is 0.416 e. The average Bonchev–Trinajstić information content (AvgIpc) is 4.04. The van der Waals surface area contributed by atoms with E-state index in [0.29, 0.717) is 77.3 Å². The molecule has 6 aliphatic rings. The van der Waals surface area contributed by atoms with Crippen molar-refractivity contribution in [3.63, 3.8) is 0 Å². The van der Waals surface area contributed by atoms with Gasteiger partial charge in [-0.1, -0.05) is 12.1 Å². The SMILES string of the molecule is Nc1ccc(C(F)(F)F)cc1N.O=C1CCc2c(Oc3ccc4c(c3)C3C(C4)C3C(=O)O)ccnc2N1.O=C1CCc2c(Oc3ccc4c(c3)C3C(C4)C3c3nc4ccc(C(F)(F)F)cc4[nH]3)ccnc2N1. The first kappa shape index (κ1) is 46.2. The summed E-state index contributed by atoms with van der Waals surface area (Å²) in [7, 11) is 0. The van der Waals surface area contributed by atoms with Crippen LogP contribution in [0.4, 0.5) is 49.4 Å². The molecule has 5 heterocycles.